The Bertz CT molecular complexity index is 1280. The van der Waals surface area contributed by atoms with Crippen LogP contribution in [0, 0.1) is 0 Å². The number of halogens is 1. The van der Waals surface area contributed by atoms with Gasteiger partial charge in [0, 0.05) is 42.8 Å². The zero-order valence-electron chi connectivity index (χ0n) is 14.9. The topological polar surface area (TPSA) is 56.5 Å². The van der Waals surface area contributed by atoms with Crippen molar-refractivity contribution in [3.05, 3.63) is 72.4 Å². The number of hydrogen-bond acceptors (Lipinski definition) is 5. The van der Waals surface area contributed by atoms with Crippen LogP contribution in [0.25, 0.3) is 43.4 Å². The van der Waals surface area contributed by atoms with E-state index in [2.05, 4.69) is 31.7 Å². The van der Waals surface area contributed by atoms with Gasteiger partial charge in [0.25, 0.3) is 0 Å². The SMILES string of the molecule is Cn1ccc2cc(-c3ccccn3)nc(-c3sc(-c4cccnc4)nc3Cl)c21. The predicted octanol–water partition coefficient (Wildman–Crippen LogP) is 5.47. The molecular weight excluding hydrogens is 390 g/mol. The van der Waals surface area contributed by atoms with Gasteiger partial charge in [-0.2, -0.15) is 0 Å². The van der Waals surface area contributed by atoms with Crippen LogP contribution in [-0.4, -0.2) is 24.5 Å². The number of thiazole rings is 1. The van der Waals surface area contributed by atoms with Crippen molar-refractivity contribution in [1.82, 2.24) is 24.5 Å². The molecule has 0 aliphatic carbocycles. The maximum absolute atomic E-state index is 6.56. The van der Waals surface area contributed by atoms with Gasteiger partial charge < -0.3 is 4.57 Å². The van der Waals surface area contributed by atoms with E-state index in [0.717, 1.165) is 43.4 Å². The van der Waals surface area contributed by atoms with Gasteiger partial charge in [-0.05, 0) is 36.4 Å². The maximum atomic E-state index is 6.56. The van der Waals surface area contributed by atoms with Crippen molar-refractivity contribution < 1.29 is 0 Å². The molecule has 0 aliphatic heterocycles. The first kappa shape index (κ1) is 17.0. The van der Waals surface area contributed by atoms with E-state index in [4.69, 9.17) is 16.6 Å². The maximum Gasteiger partial charge on any atom is 0.150 e. The molecule has 5 rings (SSSR count). The lowest BCUT2D eigenvalue weighted by molar-refractivity contribution is 0.967. The highest BCUT2D eigenvalue weighted by molar-refractivity contribution is 7.19. The normalized spacial score (nSPS) is 11.2. The molecule has 0 unspecified atom stereocenters. The summed E-state index contributed by atoms with van der Waals surface area (Å²) in [6.45, 7) is 0. The van der Waals surface area contributed by atoms with Crippen molar-refractivity contribution in [2.24, 2.45) is 7.05 Å². The molecular formula is C21H14ClN5S. The van der Waals surface area contributed by atoms with Gasteiger partial charge in [0.1, 0.15) is 15.9 Å². The molecule has 0 saturated carbocycles. The van der Waals surface area contributed by atoms with Crippen molar-refractivity contribution in [2.45, 2.75) is 0 Å². The van der Waals surface area contributed by atoms with E-state index in [1.165, 1.54) is 11.3 Å². The first-order valence-electron chi connectivity index (χ1n) is 8.65. The Kier molecular flexibility index (Phi) is 4.15. The lowest BCUT2D eigenvalue weighted by Gasteiger charge is -2.07. The van der Waals surface area contributed by atoms with Crippen LogP contribution >= 0.6 is 22.9 Å². The summed E-state index contributed by atoms with van der Waals surface area (Å²) >= 11 is 8.08. The number of hydrogen-bond donors (Lipinski definition) is 0. The number of rotatable bonds is 3. The molecule has 5 aromatic heterocycles. The van der Waals surface area contributed by atoms with Gasteiger partial charge in [0.2, 0.25) is 0 Å². The Morgan fingerprint density at radius 1 is 1.00 bits per heavy atom. The third-order valence-corrected chi connectivity index (χ3v) is 5.99. The van der Waals surface area contributed by atoms with E-state index in [9.17, 15) is 0 Å². The van der Waals surface area contributed by atoms with Crippen LogP contribution in [0.5, 0.6) is 0 Å². The minimum atomic E-state index is 0.442. The highest BCUT2D eigenvalue weighted by Crippen LogP contribution is 2.41. The van der Waals surface area contributed by atoms with Crippen LogP contribution in [0.15, 0.2) is 67.3 Å². The second-order valence-corrected chi connectivity index (χ2v) is 7.67. The first-order valence-corrected chi connectivity index (χ1v) is 9.85. The van der Waals surface area contributed by atoms with Gasteiger partial charge in [0.15, 0.2) is 0 Å². The Hall–Kier alpha value is -3.09. The molecule has 0 amide bonds. The standard InChI is InChI=1S/C21H14ClN5S/c1-27-10-7-13-11-16(15-6-2-3-9-24-15)25-17(18(13)27)19-20(22)26-21(28-19)14-5-4-8-23-12-14/h2-12H,1H3. The zero-order valence-corrected chi connectivity index (χ0v) is 16.4. The molecule has 0 bridgehead atoms. The molecule has 0 aliphatic rings. The Labute approximate surface area is 170 Å². The van der Waals surface area contributed by atoms with Crippen LogP contribution in [0.1, 0.15) is 0 Å². The van der Waals surface area contributed by atoms with Gasteiger partial charge in [0.05, 0.1) is 21.8 Å². The van der Waals surface area contributed by atoms with Crippen molar-refractivity contribution in [3.63, 3.8) is 0 Å². The Balaban J connectivity index is 1.75. The zero-order chi connectivity index (χ0) is 19.1. The van der Waals surface area contributed by atoms with E-state index in [1.807, 2.05) is 43.6 Å². The summed E-state index contributed by atoms with van der Waals surface area (Å²) in [7, 11) is 2.00. The van der Waals surface area contributed by atoms with Gasteiger partial charge in [-0.1, -0.05) is 17.7 Å². The second-order valence-electron chi connectivity index (χ2n) is 6.32. The van der Waals surface area contributed by atoms with Gasteiger partial charge in [-0.15, -0.1) is 11.3 Å². The molecule has 5 nitrogen and oxygen atoms in total. The smallest absolute Gasteiger partial charge is 0.150 e. The van der Waals surface area contributed by atoms with Crippen molar-refractivity contribution in [1.29, 1.82) is 0 Å². The molecule has 0 radical (unpaired) electrons. The molecule has 5 heterocycles. The quantitative estimate of drug-likeness (QED) is 0.400. The van der Waals surface area contributed by atoms with Gasteiger partial charge >= 0.3 is 0 Å². The van der Waals surface area contributed by atoms with Crippen LogP contribution < -0.4 is 0 Å². The summed E-state index contributed by atoms with van der Waals surface area (Å²) in [5.74, 6) is 0. The molecule has 0 fully saturated rings. The fraction of sp³-hybridized carbons (Fsp3) is 0.0476. The minimum Gasteiger partial charge on any atom is -0.349 e. The van der Waals surface area contributed by atoms with E-state index < -0.39 is 0 Å². The van der Waals surface area contributed by atoms with Crippen LogP contribution in [-0.2, 0) is 7.05 Å². The molecule has 0 atom stereocenters. The van der Waals surface area contributed by atoms with E-state index in [0.29, 0.717) is 5.15 Å². The molecule has 0 saturated heterocycles. The summed E-state index contributed by atoms with van der Waals surface area (Å²) in [6.07, 6.45) is 7.32. The van der Waals surface area contributed by atoms with Gasteiger partial charge in [-0.25, -0.2) is 9.97 Å². The number of nitrogens with zero attached hydrogens (tertiary/aromatic N) is 5. The Morgan fingerprint density at radius 2 is 1.93 bits per heavy atom. The molecule has 0 spiro atoms. The van der Waals surface area contributed by atoms with Gasteiger partial charge in [-0.3, -0.25) is 9.97 Å². The second kappa shape index (κ2) is 6.82. The molecule has 136 valence electrons. The average Bonchev–Trinajstić information content (AvgIpc) is 3.32. The fourth-order valence-electron chi connectivity index (χ4n) is 3.19. The van der Waals surface area contributed by atoms with Crippen LogP contribution in [0.2, 0.25) is 5.15 Å². The summed E-state index contributed by atoms with van der Waals surface area (Å²) in [6, 6.07) is 13.8. The monoisotopic (exact) mass is 403 g/mol. The third kappa shape index (κ3) is 2.87. The molecule has 5 aromatic rings. The molecule has 0 N–H and O–H groups in total. The number of fused-ring (bicyclic) bond motifs is 1. The van der Waals surface area contributed by atoms with Crippen LogP contribution in [0.4, 0.5) is 0 Å². The number of aromatic nitrogens is 5. The first-order chi connectivity index (χ1) is 13.7. The fourth-order valence-corrected chi connectivity index (χ4v) is 4.46. The van der Waals surface area contributed by atoms with Crippen LogP contribution in [0.3, 0.4) is 0 Å². The highest BCUT2D eigenvalue weighted by Gasteiger charge is 2.19. The predicted molar refractivity (Wildman–Crippen MR) is 113 cm³/mol. The van der Waals surface area contributed by atoms with Crippen molar-refractivity contribution in [2.75, 3.05) is 0 Å². The van der Waals surface area contributed by atoms with Crippen molar-refractivity contribution >= 4 is 33.8 Å². The number of pyridine rings is 3. The molecule has 28 heavy (non-hydrogen) atoms. The Morgan fingerprint density at radius 3 is 2.71 bits per heavy atom. The average molecular weight is 404 g/mol. The summed E-state index contributed by atoms with van der Waals surface area (Å²) < 4.78 is 2.06. The van der Waals surface area contributed by atoms with E-state index in [1.54, 1.807) is 18.6 Å². The number of aryl methyl sites for hydroxylation is 1. The van der Waals surface area contributed by atoms with E-state index in [-0.39, 0.29) is 0 Å². The summed E-state index contributed by atoms with van der Waals surface area (Å²) in [5.41, 5.74) is 4.39. The molecule has 0 aromatic carbocycles. The lowest BCUT2D eigenvalue weighted by Crippen LogP contribution is -1.94. The minimum absolute atomic E-state index is 0.442. The van der Waals surface area contributed by atoms with Crippen molar-refractivity contribution in [3.8, 4) is 32.5 Å². The largest absolute Gasteiger partial charge is 0.349 e. The molecule has 7 heteroatoms. The summed E-state index contributed by atoms with van der Waals surface area (Å²) in [5, 5.41) is 2.35. The summed E-state index contributed by atoms with van der Waals surface area (Å²) in [4.78, 5) is 19.0. The van der Waals surface area contributed by atoms with E-state index >= 15 is 0 Å². The lowest BCUT2D eigenvalue weighted by atomic mass is 10.1. The highest BCUT2D eigenvalue weighted by atomic mass is 35.5. The third-order valence-electron chi connectivity index (χ3n) is 4.49.